The highest BCUT2D eigenvalue weighted by atomic mass is 19.1. The van der Waals surface area contributed by atoms with Gasteiger partial charge in [0.05, 0.1) is 22.9 Å². The Hall–Kier alpha value is -4.26. The molecule has 0 saturated heterocycles. The van der Waals surface area contributed by atoms with Crippen LogP contribution in [0.1, 0.15) is 83.3 Å². The second-order valence-corrected chi connectivity index (χ2v) is 14.2. The summed E-state index contributed by atoms with van der Waals surface area (Å²) in [6.07, 6.45) is 8.08. The molecule has 7 heteroatoms. The summed E-state index contributed by atoms with van der Waals surface area (Å²) in [5.41, 5.74) is 5.26. The molecule has 2 aromatic carbocycles. The third-order valence-corrected chi connectivity index (χ3v) is 10.8. The van der Waals surface area contributed by atoms with E-state index >= 15 is 8.78 Å². The number of halogens is 3. The van der Waals surface area contributed by atoms with Crippen LogP contribution < -0.4 is 8.97 Å². The average Bonchev–Trinajstić information content (AvgIpc) is 3.35. The molecule has 1 aliphatic heterocycles. The van der Waals surface area contributed by atoms with Gasteiger partial charge in [-0.15, -0.1) is 0 Å². The Balaban J connectivity index is 1.65. The Bertz CT molecular complexity index is 2080. The molecular weight excluding hydrogens is 593 g/mol. The number of hydrogen-bond acceptors (Lipinski definition) is 1. The van der Waals surface area contributed by atoms with Crippen molar-refractivity contribution in [1.82, 2.24) is 4.57 Å². The van der Waals surface area contributed by atoms with Crippen molar-refractivity contribution in [2.45, 2.75) is 85.2 Å². The summed E-state index contributed by atoms with van der Waals surface area (Å²) < 4.78 is 51.8. The van der Waals surface area contributed by atoms with Gasteiger partial charge in [0, 0.05) is 42.5 Å². The summed E-state index contributed by atoms with van der Waals surface area (Å²) in [6.45, 7) is 19.8. The summed E-state index contributed by atoms with van der Waals surface area (Å²) >= 11 is 0. The minimum Gasteiger partial charge on any atom is -0.288 e. The predicted octanol–water partition coefficient (Wildman–Crippen LogP) is 9.05. The summed E-state index contributed by atoms with van der Waals surface area (Å²) in [5, 5.41) is 1.87. The lowest BCUT2D eigenvalue weighted by Crippen LogP contribution is -2.55. The molecule has 0 N–H and O–H groups in total. The number of benzene rings is 2. The molecule has 47 heavy (non-hydrogen) atoms. The molecule has 0 bridgehead atoms. The number of nitrogens with zero attached hydrogens (tertiary/aromatic N) is 4. The van der Waals surface area contributed by atoms with Gasteiger partial charge in [-0.05, 0) is 79.6 Å². The minimum atomic E-state index is -0.595. The van der Waals surface area contributed by atoms with Gasteiger partial charge in [0.15, 0.2) is 11.9 Å². The Labute approximate surface area is 275 Å². The molecule has 0 fully saturated rings. The van der Waals surface area contributed by atoms with Crippen LogP contribution in [0.2, 0.25) is 0 Å². The molecule has 0 saturated carbocycles. The SMILES string of the molecule is C=Cc1c(C(=NC)C(C)(C)C)[n+]2ccc3cc(F)cc4c3c2n1C(C)(CC)C4(CC)CC[n+]1ccccc1-c1c(C)cc(F)cc1F. The fraction of sp³-hybridized carbons (Fsp3) is 0.375. The van der Waals surface area contributed by atoms with Crippen LogP contribution in [-0.4, -0.2) is 17.3 Å². The van der Waals surface area contributed by atoms with Gasteiger partial charge in [0.1, 0.15) is 29.5 Å². The number of pyridine rings is 2. The topological polar surface area (TPSA) is 25.3 Å². The molecule has 4 nitrogen and oxygen atoms in total. The van der Waals surface area contributed by atoms with Crippen molar-refractivity contribution in [3.05, 3.63) is 107 Å². The fourth-order valence-electron chi connectivity index (χ4n) is 8.58. The zero-order valence-electron chi connectivity index (χ0n) is 28.8. The maximum absolute atomic E-state index is 15.7. The zero-order valence-corrected chi connectivity index (χ0v) is 28.8. The number of aliphatic imine (C=N–C) groups is 1. The van der Waals surface area contributed by atoms with Crippen molar-refractivity contribution in [2.75, 3.05) is 7.05 Å². The van der Waals surface area contributed by atoms with Crippen LogP contribution in [-0.2, 0) is 17.5 Å². The van der Waals surface area contributed by atoms with E-state index in [0.29, 0.717) is 29.8 Å². The number of imidazole rings is 1. The van der Waals surface area contributed by atoms with Crippen LogP contribution in [0.3, 0.4) is 0 Å². The van der Waals surface area contributed by atoms with E-state index < -0.39 is 22.6 Å². The number of aromatic nitrogens is 3. The van der Waals surface area contributed by atoms with Gasteiger partial charge in [0.25, 0.3) is 5.65 Å². The van der Waals surface area contributed by atoms with Gasteiger partial charge in [-0.25, -0.2) is 17.7 Å². The van der Waals surface area contributed by atoms with E-state index in [-0.39, 0.29) is 11.2 Å². The molecule has 3 aromatic heterocycles. The van der Waals surface area contributed by atoms with Crippen molar-refractivity contribution < 1.29 is 22.1 Å². The molecule has 0 amide bonds. The van der Waals surface area contributed by atoms with Crippen molar-refractivity contribution in [1.29, 1.82) is 0 Å². The fourth-order valence-corrected chi connectivity index (χ4v) is 8.58. The lowest BCUT2D eigenvalue weighted by atomic mass is 9.58. The molecule has 0 radical (unpaired) electrons. The lowest BCUT2D eigenvalue weighted by Gasteiger charge is -2.48. The zero-order chi connectivity index (χ0) is 34.1. The molecule has 4 heterocycles. The van der Waals surface area contributed by atoms with E-state index in [1.807, 2.05) is 49.8 Å². The van der Waals surface area contributed by atoms with Gasteiger partial charge >= 0.3 is 0 Å². The Kier molecular flexibility index (Phi) is 7.97. The van der Waals surface area contributed by atoms with E-state index in [1.165, 1.54) is 6.07 Å². The normalized spacial score (nSPS) is 19.7. The third-order valence-electron chi connectivity index (χ3n) is 10.8. The summed E-state index contributed by atoms with van der Waals surface area (Å²) in [6, 6.07) is 13.4. The molecule has 2 atom stereocenters. The summed E-state index contributed by atoms with van der Waals surface area (Å²) in [5.74, 6) is -1.45. The van der Waals surface area contributed by atoms with Gasteiger partial charge in [-0.3, -0.25) is 4.99 Å². The first-order valence-corrected chi connectivity index (χ1v) is 16.6. The highest BCUT2D eigenvalue weighted by molar-refractivity contribution is 6.06. The quantitative estimate of drug-likeness (QED) is 0.120. The Morgan fingerprint density at radius 2 is 1.72 bits per heavy atom. The summed E-state index contributed by atoms with van der Waals surface area (Å²) in [7, 11) is 1.84. The first kappa shape index (κ1) is 32.7. The van der Waals surface area contributed by atoms with Gasteiger partial charge < -0.3 is 0 Å². The molecule has 0 aliphatic carbocycles. The maximum atomic E-state index is 15.7. The van der Waals surface area contributed by atoms with E-state index in [4.69, 9.17) is 4.99 Å². The minimum absolute atomic E-state index is 0.244. The molecule has 2 unspecified atom stereocenters. The van der Waals surface area contributed by atoms with Crippen molar-refractivity contribution in [3.8, 4) is 11.3 Å². The highest BCUT2D eigenvalue weighted by Crippen LogP contribution is 2.55. The molecule has 244 valence electrons. The van der Waals surface area contributed by atoms with E-state index in [9.17, 15) is 4.39 Å². The second kappa shape index (κ2) is 11.5. The first-order valence-electron chi connectivity index (χ1n) is 16.6. The Morgan fingerprint density at radius 3 is 2.34 bits per heavy atom. The van der Waals surface area contributed by atoms with Crippen LogP contribution in [0.4, 0.5) is 13.2 Å². The molecule has 0 spiro atoms. The van der Waals surface area contributed by atoms with Crippen LogP contribution in [0.15, 0.2) is 72.5 Å². The van der Waals surface area contributed by atoms with Gasteiger partial charge in [-0.1, -0.05) is 41.2 Å². The number of rotatable bonds is 8. The number of hydrogen-bond donors (Lipinski definition) is 0. The first-order chi connectivity index (χ1) is 22.3. The highest BCUT2D eigenvalue weighted by Gasteiger charge is 2.58. The summed E-state index contributed by atoms with van der Waals surface area (Å²) in [4.78, 5) is 4.83. The van der Waals surface area contributed by atoms with Gasteiger partial charge in [0.2, 0.25) is 11.4 Å². The number of aryl methyl sites for hydroxylation is 2. The van der Waals surface area contributed by atoms with Crippen molar-refractivity contribution >= 4 is 28.2 Å². The Morgan fingerprint density at radius 1 is 1.00 bits per heavy atom. The van der Waals surface area contributed by atoms with Gasteiger partial charge in [-0.2, -0.15) is 8.97 Å². The monoisotopic (exact) mass is 638 g/mol. The third kappa shape index (κ3) is 4.68. The molecule has 6 rings (SSSR count). The van der Waals surface area contributed by atoms with E-state index in [1.54, 1.807) is 19.1 Å². The van der Waals surface area contributed by atoms with Crippen molar-refractivity contribution in [2.24, 2.45) is 10.4 Å². The second-order valence-electron chi connectivity index (χ2n) is 14.2. The smallest absolute Gasteiger partial charge is 0.288 e. The van der Waals surface area contributed by atoms with E-state index in [0.717, 1.165) is 58.0 Å². The van der Waals surface area contributed by atoms with Crippen LogP contribution in [0.5, 0.6) is 0 Å². The van der Waals surface area contributed by atoms with Crippen molar-refractivity contribution in [3.63, 3.8) is 0 Å². The molecule has 5 aromatic rings. The van der Waals surface area contributed by atoms with Crippen LogP contribution >= 0.6 is 0 Å². The standard InChI is InChI=1S/C40H45F3N4/c1-10-31-35(36(44-9)38(5,6)7)46-19-16-26-22-28(42)23-29-34(26)37(46)47(31)39(8,11-2)40(29,12-3)17-20-45-18-14-13-15-32(45)33-25(4)21-27(41)24-30(33)43/h10,13-16,18-19,21-24H,1,11-12,17,20H2,2-9H3/q+2. The molecular formula is C40H45F3N4+2. The lowest BCUT2D eigenvalue weighted by molar-refractivity contribution is -0.688. The molecule has 1 aliphatic rings. The van der Waals surface area contributed by atoms with Crippen LogP contribution in [0.25, 0.3) is 33.8 Å². The maximum Gasteiger partial charge on any atom is 0.296 e. The van der Waals surface area contributed by atoms with E-state index in [2.05, 4.69) is 61.7 Å². The largest absolute Gasteiger partial charge is 0.296 e. The average molecular weight is 639 g/mol. The predicted molar refractivity (Wildman–Crippen MR) is 184 cm³/mol. The van der Waals surface area contributed by atoms with Crippen LogP contribution in [0, 0.1) is 29.8 Å².